The van der Waals surface area contributed by atoms with E-state index in [9.17, 15) is 13.2 Å². The zero-order valence-electron chi connectivity index (χ0n) is 21.3. The maximum Gasteiger partial charge on any atom is 0.264 e. The molecule has 194 valence electrons. The van der Waals surface area contributed by atoms with Crippen molar-refractivity contribution in [1.29, 1.82) is 0 Å². The van der Waals surface area contributed by atoms with Crippen LogP contribution >= 0.6 is 0 Å². The van der Waals surface area contributed by atoms with Crippen molar-refractivity contribution in [2.45, 2.75) is 50.8 Å². The lowest BCUT2D eigenvalue weighted by Gasteiger charge is -2.35. The van der Waals surface area contributed by atoms with Crippen molar-refractivity contribution in [1.82, 2.24) is 10.2 Å². The number of sulfonamides is 1. The third kappa shape index (κ3) is 5.50. The number of nitrogens with one attached hydrogen (secondary N) is 1. The SMILES string of the molecule is Cc1ccc(S(=O)(=O)N2CC(C(=O)NCc3ccccc3CN3CCCC3)Oc3cc(C)ccc32)cc1. The van der Waals surface area contributed by atoms with Crippen LogP contribution in [0.1, 0.15) is 35.1 Å². The Morgan fingerprint density at radius 3 is 2.35 bits per heavy atom. The van der Waals surface area contributed by atoms with Crippen molar-refractivity contribution < 1.29 is 17.9 Å². The van der Waals surface area contributed by atoms with Crippen molar-refractivity contribution in [3.05, 3.63) is 89.0 Å². The third-order valence-electron chi connectivity index (χ3n) is 7.05. The first-order valence-corrected chi connectivity index (χ1v) is 14.2. The van der Waals surface area contributed by atoms with Gasteiger partial charge in [0.1, 0.15) is 5.75 Å². The standard InChI is InChI=1S/C29H33N3O4S/c1-21-9-12-25(13-10-21)37(34,35)32-20-28(36-27-17-22(2)11-14-26(27)32)29(33)30-18-23-7-3-4-8-24(23)19-31-15-5-6-16-31/h3-4,7-14,17,28H,5-6,15-16,18-20H2,1-2H3,(H,30,33). The smallest absolute Gasteiger partial charge is 0.264 e. The van der Waals surface area contributed by atoms with E-state index in [2.05, 4.69) is 16.3 Å². The number of rotatable bonds is 7. The van der Waals surface area contributed by atoms with Crippen LogP contribution < -0.4 is 14.4 Å². The fourth-order valence-electron chi connectivity index (χ4n) is 4.92. The average Bonchev–Trinajstić information content (AvgIpc) is 3.40. The zero-order chi connectivity index (χ0) is 26.0. The molecule has 0 saturated carbocycles. The zero-order valence-corrected chi connectivity index (χ0v) is 22.1. The van der Waals surface area contributed by atoms with E-state index in [-0.39, 0.29) is 17.3 Å². The topological polar surface area (TPSA) is 79.0 Å². The van der Waals surface area contributed by atoms with E-state index in [4.69, 9.17) is 4.74 Å². The Balaban J connectivity index is 1.36. The number of ether oxygens (including phenoxy) is 1. The second kappa shape index (κ2) is 10.6. The molecule has 0 spiro atoms. The van der Waals surface area contributed by atoms with Crippen LogP contribution in [0.5, 0.6) is 5.75 Å². The van der Waals surface area contributed by atoms with Gasteiger partial charge in [0.25, 0.3) is 15.9 Å². The van der Waals surface area contributed by atoms with E-state index >= 15 is 0 Å². The Hall–Kier alpha value is -3.36. The molecule has 0 aromatic heterocycles. The van der Waals surface area contributed by atoms with Gasteiger partial charge in [-0.1, -0.05) is 48.0 Å². The van der Waals surface area contributed by atoms with Crippen LogP contribution in [-0.2, 0) is 27.9 Å². The molecule has 0 radical (unpaired) electrons. The van der Waals surface area contributed by atoms with Crippen LogP contribution in [0, 0.1) is 13.8 Å². The molecule has 1 unspecified atom stereocenters. The summed E-state index contributed by atoms with van der Waals surface area (Å²) < 4.78 is 34.6. The van der Waals surface area contributed by atoms with Crippen molar-refractivity contribution in [3.63, 3.8) is 0 Å². The number of likely N-dealkylation sites (tertiary alicyclic amines) is 1. The van der Waals surface area contributed by atoms with Crippen LogP contribution in [0.25, 0.3) is 0 Å². The molecule has 1 fully saturated rings. The summed E-state index contributed by atoms with van der Waals surface area (Å²) in [5.41, 5.74) is 4.58. The lowest BCUT2D eigenvalue weighted by atomic mass is 10.1. The molecule has 1 saturated heterocycles. The molecule has 2 aliphatic heterocycles. The molecule has 3 aromatic rings. The van der Waals surface area contributed by atoms with Gasteiger partial charge in [0.2, 0.25) is 0 Å². The summed E-state index contributed by atoms with van der Waals surface area (Å²) in [6.07, 6.45) is 1.47. The number of benzene rings is 3. The van der Waals surface area contributed by atoms with Crippen LogP contribution in [0.4, 0.5) is 5.69 Å². The number of amides is 1. The first kappa shape index (κ1) is 25.3. The molecule has 8 heteroatoms. The lowest BCUT2D eigenvalue weighted by Crippen LogP contribution is -2.50. The molecular weight excluding hydrogens is 486 g/mol. The highest BCUT2D eigenvalue weighted by atomic mass is 32.2. The Bertz CT molecular complexity index is 1380. The molecule has 7 nitrogen and oxygen atoms in total. The quantitative estimate of drug-likeness (QED) is 0.507. The first-order valence-electron chi connectivity index (χ1n) is 12.7. The largest absolute Gasteiger partial charge is 0.476 e. The van der Waals surface area contributed by atoms with Gasteiger partial charge >= 0.3 is 0 Å². The van der Waals surface area contributed by atoms with Gasteiger partial charge in [0.15, 0.2) is 6.10 Å². The molecule has 1 atom stereocenters. The maximum atomic E-state index is 13.6. The Kier molecular flexibility index (Phi) is 7.22. The minimum atomic E-state index is -3.89. The summed E-state index contributed by atoms with van der Waals surface area (Å²) in [4.78, 5) is 15.9. The Morgan fingerprint density at radius 2 is 1.62 bits per heavy atom. The number of hydrogen-bond acceptors (Lipinski definition) is 5. The molecule has 37 heavy (non-hydrogen) atoms. The van der Waals surface area contributed by atoms with Gasteiger partial charge in [0.05, 0.1) is 17.1 Å². The summed E-state index contributed by atoms with van der Waals surface area (Å²) in [6.45, 7) is 7.13. The van der Waals surface area contributed by atoms with E-state index in [1.165, 1.54) is 22.7 Å². The predicted octanol–water partition coefficient (Wildman–Crippen LogP) is 4.17. The summed E-state index contributed by atoms with van der Waals surface area (Å²) >= 11 is 0. The highest BCUT2D eigenvalue weighted by Crippen LogP contribution is 2.37. The third-order valence-corrected chi connectivity index (χ3v) is 8.84. The predicted molar refractivity (Wildman–Crippen MR) is 144 cm³/mol. The number of fused-ring (bicyclic) bond motifs is 1. The summed E-state index contributed by atoms with van der Waals surface area (Å²) in [5, 5.41) is 2.99. The lowest BCUT2D eigenvalue weighted by molar-refractivity contribution is -0.127. The normalized spacial score (nSPS) is 17.8. The highest BCUT2D eigenvalue weighted by molar-refractivity contribution is 7.92. The highest BCUT2D eigenvalue weighted by Gasteiger charge is 2.37. The van der Waals surface area contributed by atoms with Crippen molar-refractivity contribution >= 4 is 21.6 Å². The van der Waals surface area contributed by atoms with E-state index < -0.39 is 16.1 Å². The summed E-state index contributed by atoms with van der Waals surface area (Å²) in [7, 11) is -3.89. The second-order valence-electron chi connectivity index (χ2n) is 9.90. The minimum absolute atomic E-state index is 0.104. The van der Waals surface area contributed by atoms with E-state index in [0.29, 0.717) is 18.0 Å². The van der Waals surface area contributed by atoms with E-state index in [0.717, 1.165) is 36.3 Å². The van der Waals surface area contributed by atoms with Crippen molar-refractivity contribution in [2.24, 2.45) is 0 Å². The summed E-state index contributed by atoms with van der Waals surface area (Å²) in [6, 6.07) is 20.2. The molecule has 2 aliphatic rings. The van der Waals surface area contributed by atoms with E-state index in [1.807, 2.05) is 38.1 Å². The molecule has 0 bridgehead atoms. The minimum Gasteiger partial charge on any atom is -0.476 e. The van der Waals surface area contributed by atoms with Gasteiger partial charge < -0.3 is 10.1 Å². The summed E-state index contributed by atoms with van der Waals surface area (Å²) in [5.74, 6) is 0.0451. The maximum absolute atomic E-state index is 13.6. The van der Waals surface area contributed by atoms with Gasteiger partial charge in [-0.3, -0.25) is 14.0 Å². The Labute approximate surface area is 219 Å². The van der Waals surface area contributed by atoms with Crippen LogP contribution in [0.3, 0.4) is 0 Å². The number of aryl methyl sites for hydroxylation is 2. The van der Waals surface area contributed by atoms with Gasteiger partial charge in [0, 0.05) is 13.1 Å². The first-order chi connectivity index (χ1) is 17.8. The van der Waals surface area contributed by atoms with E-state index in [1.54, 1.807) is 36.4 Å². The van der Waals surface area contributed by atoms with Gasteiger partial charge in [-0.05, 0) is 80.7 Å². The van der Waals surface area contributed by atoms with Gasteiger partial charge in [-0.15, -0.1) is 0 Å². The van der Waals surface area contributed by atoms with Crippen LogP contribution in [-0.4, -0.2) is 45.0 Å². The van der Waals surface area contributed by atoms with Gasteiger partial charge in [-0.25, -0.2) is 8.42 Å². The fraction of sp³-hybridized carbons (Fsp3) is 0.345. The number of carbonyl (C=O) groups is 1. The fourth-order valence-corrected chi connectivity index (χ4v) is 6.40. The van der Waals surface area contributed by atoms with Crippen molar-refractivity contribution in [2.75, 3.05) is 23.9 Å². The van der Waals surface area contributed by atoms with Crippen molar-refractivity contribution in [3.8, 4) is 5.75 Å². The van der Waals surface area contributed by atoms with Crippen LogP contribution in [0.15, 0.2) is 71.6 Å². The molecule has 1 amide bonds. The van der Waals surface area contributed by atoms with Crippen LogP contribution in [0.2, 0.25) is 0 Å². The number of nitrogens with zero attached hydrogens (tertiary/aromatic N) is 2. The molecule has 3 aromatic carbocycles. The number of anilines is 1. The molecular formula is C29H33N3O4S. The molecule has 2 heterocycles. The number of hydrogen-bond donors (Lipinski definition) is 1. The monoisotopic (exact) mass is 519 g/mol. The number of carbonyl (C=O) groups excluding carboxylic acids is 1. The second-order valence-corrected chi connectivity index (χ2v) is 11.8. The molecule has 0 aliphatic carbocycles. The van der Waals surface area contributed by atoms with Gasteiger partial charge in [-0.2, -0.15) is 0 Å². The molecule has 5 rings (SSSR count). The average molecular weight is 520 g/mol. The molecule has 1 N–H and O–H groups in total. The Morgan fingerprint density at radius 1 is 0.946 bits per heavy atom.